The van der Waals surface area contributed by atoms with Crippen LogP contribution in [0.2, 0.25) is 0 Å². The van der Waals surface area contributed by atoms with Crippen LogP contribution in [0.15, 0.2) is 47.6 Å². The van der Waals surface area contributed by atoms with Crippen LogP contribution in [0.5, 0.6) is 0 Å². The van der Waals surface area contributed by atoms with E-state index in [-0.39, 0.29) is 4.90 Å². The van der Waals surface area contributed by atoms with Crippen LogP contribution >= 0.6 is 0 Å². The SMILES string of the molecule is C=C(F)C(=O)OC(C)(C)CS(=O)(=O)c1ccccc1. The zero-order chi connectivity index (χ0) is 14.7. The van der Waals surface area contributed by atoms with Gasteiger partial charge in [0.2, 0.25) is 5.83 Å². The Labute approximate surface area is 111 Å². The van der Waals surface area contributed by atoms with E-state index in [1.54, 1.807) is 18.2 Å². The highest BCUT2D eigenvalue weighted by Crippen LogP contribution is 2.20. The summed E-state index contributed by atoms with van der Waals surface area (Å²) in [5, 5.41) is 0. The fraction of sp³-hybridized carbons (Fsp3) is 0.308. The van der Waals surface area contributed by atoms with E-state index in [9.17, 15) is 17.6 Å². The minimum absolute atomic E-state index is 0.123. The summed E-state index contributed by atoms with van der Waals surface area (Å²) in [5.74, 6) is -2.96. The number of hydrogen-bond donors (Lipinski definition) is 0. The normalized spacial score (nSPS) is 11.9. The standard InChI is InChI=1S/C13H15FO4S/c1-10(14)12(15)18-13(2,3)9-19(16,17)11-7-5-4-6-8-11/h4-8H,1,9H2,2-3H3. The molecule has 0 spiro atoms. The van der Waals surface area contributed by atoms with Crippen LogP contribution in [0.4, 0.5) is 4.39 Å². The minimum atomic E-state index is -3.62. The molecule has 0 saturated heterocycles. The monoisotopic (exact) mass is 286 g/mol. The Balaban J connectivity index is 2.89. The van der Waals surface area contributed by atoms with Gasteiger partial charge in [0.15, 0.2) is 9.84 Å². The maximum Gasteiger partial charge on any atom is 0.367 e. The molecule has 19 heavy (non-hydrogen) atoms. The topological polar surface area (TPSA) is 60.4 Å². The summed E-state index contributed by atoms with van der Waals surface area (Å²) in [6.45, 7) is 5.60. The third kappa shape index (κ3) is 4.48. The fourth-order valence-corrected chi connectivity index (χ4v) is 3.22. The average molecular weight is 286 g/mol. The van der Waals surface area contributed by atoms with E-state index < -0.39 is 33.0 Å². The van der Waals surface area contributed by atoms with Gasteiger partial charge in [-0.3, -0.25) is 0 Å². The van der Waals surface area contributed by atoms with Gasteiger partial charge in [-0.2, -0.15) is 4.39 Å². The maximum absolute atomic E-state index is 12.6. The first kappa shape index (κ1) is 15.4. The molecule has 0 unspecified atom stereocenters. The third-order valence-electron chi connectivity index (χ3n) is 2.23. The highest BCUT2D eigenvalue weighted by atomic mass is 32.2. The molecule has 0 aromatic heterocycles. The quantitative estimate of drug-likeness (QED) is 0.615. The maximum atomic E-state index is 12.6. The first-order valence-electron chi connectivity index (χ1n) is 5.50. The Morgan fingerprint density at radius 2 is 1.84 bits per heavy atom. The Bertz CT molecular complexity index is 576. The highest BCUT2D eigenvalue weighted by Gasteiger charge is 2.31. The van der Waals surface area contributed by atoms with Gasteiger partial charge in [0.25, 0.3) is 0 Å². The smallest absolute Gasteiger partial charge is 0.367 e. The van der Waals surface area contributed by atoms with Crippen molar-refractivity contribution in [3.8, 4) is 0 Å². The second-order valence-corrected chi connectivity index (χ2v) is 6.62. The van der Waals surface area contributed by atoms with Gasteiger partial charge < -0.3 is 4.74 Å². The van der Waals surface area contributed by atoms with Crippen molar-refractivity contribution in [2.24, 2.45) is 0 Å². The number of halogens is 1. The highest BCUT2D eigenvalue weighted by molar-refractivity contribution is 7.91. The van der Waals surface area contributed by atoms with E-state index >= 15 is 0 Å². The predicted molar refractivity (Wildman–Crippen MR) is 68.9 cm³/mol. The van der Waals surface area contributed by atoms with Crippen LogP contribution in [0, 0.1) is 0 Å². The van der Waals surface area contributed by atoms with Gasteiger partial charge in [-0.15, -0.1) is 0 Å². The van der Waals surface area contributed by atoms with Gasteiger partial charge in [-0.1, -0.05) is 24.8 Å². The molecule has 0 bridgehead atoms. The molecule has 0 atom stereocenters. The van der Waals surface area contributed by atoms with Gasteiger partial charge in [0, 0.05) is 0 Å². The van der Waals surface area contributed by atoms with Crippen molar-refractivity contribution in [3.63, 3.8) is 0 Å². The molecule has 0 aliphatic rings. The number of rotatable bonds is 5. The van der Waals surface area contributed by atoms with Crippen molar-refractivity contribution in [2.75, 3.05) is 5.75 Å². The van der Waals surface area contributed by atoms with Gasteiger partial charge in [0.05, 0.1) is 10.6 Å². The van der Waals surface area contributed by atoms with Crippen molar-refractivity contribution < 1.29 is 22.3 Å². The molecule has 1 aromatic carbocycles. The van der Waals surface area contributed by atoms with Crippen LogP contribution in [-0.4, -0.2) is 25.7 Å². The largest absolute Gasteiger partial charge is 0.453 e. The van der Waals surface area contributed by atoms with Crippen molar-refractivity contribution in [2.45, 2.75) is 24.3 Å². The van der Waals surface area contributed by atoms with Gasteiger partial charge in [0.1, 0.15) is 5.60 Å². The second kappa shape index (κ2) is 5.52. The number of ether oxygens (including phenoxy) is 1. The van der Waals surface area contributed by atoms with Gasteiger partial charge in [-0.25, -0.2) is 13.2 Å². The van der Waals surface area contributed by atoms with Crippen molar-refractivity contribution in [3.05, 3.63) is 42.7 Å². The molecule has 0 amide bonds. The number of carbonyl (C=O) groups excluding carboxylic acids is 1. The summed E-state index contributed by atoms with van der Waals surface area (Å²) in [5.41, 5.74) is -1.35. The molecule has 4 nitrogen and oxygen atoms in total. The number of benzene rings is 1. The molecule has 0 radical (unpaired) electrons. The van der Waals surface area contributed by atoms with Crippen LogP contribution < -0.4 is 0 Å². The Morgan fingerprint density at radius 3 is 2.32 bits per heavy atom. The van der Waals surface area contributed by atoms with Gasteiger partial charge >= 0.3 is 5.97 Å². The molecular weight excluding hydrogens is 271 g/mol. The van der Waals surface area contributed by atoms with E-state index in [0.717, 1.165) is 0 Å². The Hall–Kier alpha value is -1.69. The first-order valence-corrected chi connectivity index (χ1v) is 7.15. The lowest BCUT2D eigenvalue weighted by Gasteiger charge is -2.24. The van der Waals surface area contributed by atoms with Crippen LogP contribution in [0.1, 0.15) is 13.8 Å². The molecule has 6 heteroatoms. The summed E-state index contributed by atoms with van der Waals surface area (Å²) in [6.07, 6.45) is 0. The first-order chi connectivity index (χ1) is 8.64. The Kier molecular flexibility index (Phi) is 4.47. The van der Waals surface area contributed by atoms with E-state index in [1.165, 1.54) is 26.0 Å². The molecular formula is C13H15FO4S. The van der Waals surface area contributed by atoms with E-state index in [0.29, 0.717) is 0 Å². The third-order valence-corrected chi connectivity index (χ3v) is 4.30. The fourth-order valence-electron chi connectivity index (χ4n) is 1.50. The number of esters is 1. The van der Waals surface area contributed by atoms with Crippen molar-refractivity contribution in [1.82, 2.24) is 0 Å². The minimum Gasteiger partial charge on any atom is -0.453 e. The zero-order valence-corrected chi connectivity index (χ0v) is 11.5. The van der Waals surface area contributed by atoms with Gasteiger partial charge in [-0.05, 0) is 26.0 Å². The van der Waals surface area contributed by atoms with Crippen LogP contribution in [0.3, 0.4) is 0 Å². The molecule has 0 fully saturated rings. The van der Waals surface area contributed by atoms with E-state index in [4.69, 9.17) is 4.74 Å². The molecule has 1 rings (SSSR count). The predicted octanol–water partition coefficient (Wildman–Crippen LogP) is 2.27. The van der Waals surface area contributed by atoms with Crippen molar-refractivity contribution >= 4 is 15.8 Å². The second-order valence-electron chi connectivity index (χ2n) is 4.63. The molecule has 0 aliphatic carbocycles. The summed E-state index contributed by atoms with van der Waals surface area (Å²) in [6, 6.07) is 7.77. The summed E-state index contributed by atoms with van der Waals surface area (Å²) < 4.78 is 41.5. The molecule has 104 valence electrons. The molecule has 0 heterocycles. The zero-order valence-electron chi connectivity index (χ0n) is 10.7. The number of hydrogen-bond acceptors (Lipinski definition) is 4. The van der Waals surface area contributed by atoms with E-state index in [2.05, 4.69) is 6.58 Å². The molecule has 0 aliphatic heterocycles. The summed E-state index contributed by atoms with van der Waals surface area (Å²) in [4.78, 5) is 11.2. The van der Waals surface area contributed by atoms with Crippen LogP contribution in [-0.2, 0) is 19.4 Å². The van der Waals surface area contributed by atoms with E-state index in [1.807, 2.05) is 0 Å². The number of sulfone groups is 1. The average Bonchev–Trinajstić information content (AvgIpc) is 2.27. The molecule has 1 aromatic rings. The molecule has 0 N–H and O–H groups in total. The van der Waals surface area contributed by atoms with Crippen molar-refractivity contribution in [1.29, 1.82) is 0 Å². The lowest BCUT2D eigenvalue weighted by molar-refractivity contribution is -0.151. The summed E-state index contributed by atoms with van der Waals surface area (Å²) >= 11 is 0. The Morgan fingerprint density at radius 1 is 1.32 bits per heavy atom. The summed E-state index contributed by atoms with van der Waals surface area (Å²) in [7, 11) is -3.62. The number of carbonyl (C=O) groups is 1. The lowest BCUT2D eigenvalue weighted by Crippen LogP contribution is -2.36. The lowest BCUT2D eigenvalue weighted by atomic mass is 10.2. The molecule has 0 saturated carbocycles. The van der Waals surface area contributed by atoms with Crippen LogP contribution in [0.25, 0.3) is 0 Å².